The molecule has 2 aliphatic rings. The second-order valence-electron chi connectivity index (χ2n) is 5.72. The molecular formula is C15H23N3. The first-order valence-corrected chi connectivity index (χ1v) is 7.19. The van der Waals surface area contributed by atoms with Gasteiger partial charge in [0.2, 0.25) is 0 Å². The lowest BCUT2D eigenvalue weighted by Crippen LogP contribution is -2.43. The van der Waals surface area contributed by atoms with E-state index in [1.807, 2.05) is 6.20 Å². The lowest BCUT2D eigenvalue weighted by Gasteiger charge is -2.37. The molecule has 1 unspecified atom stereocenters. The van der Waals surface area contributed by atoms with E-state index in [4.69, 9.17) is 0 Å². The molecule has 1 saturated carbocycles. The monoisotopic (exact) mass is 245 g/mol. The van der Waals surface area contributed by atoms with Crippen molar-refractivity contribution in [2.45, 2.75) is 37.8 Å². The molecule has 1 aliphatic carbocycles. The number of hydrogen-bond donors (Lipinski definition) is 1. The molecule has 3 heteroatoms. The highest BCUT2D eigenvalue weighted by molar-refractivity contribution is 5.17. The Kier molecular flexibility index (Phi) is 3.62. The maximum atomic E-state index is 4.30. The Morgan fingerprint density at radius 2 is 2.06 bits per heavy atom. The van der Waals surface area contributed by atoms with Gasteiger partial charge < -0.3 is 5.32 Å². The Morgan fingerprint density at radius 1 is 1.28 bits per heavy atom. The molecule has 1 atom stereocenters. The molecule has 0 radical (unpaired) electrons. The van der Waals surface area contributed by atoms with E-state index in [0.29, 0.717) is 6.04 Å². The summed E-state index contributed by atoms with van der Waals surface area (Å²) >= 11 is 0. The van der Waals surface area contributed by atoms with Crippen LogP contribution in [0.15, 0.2) is 24.5 Å². The Morgan fingerprint density at radius 3 is 2.67 bits per heavy atom. The average molecular weight is 245 g/mol. The predicted octanol–water partition coefficient (Wildman–Crippen LogP) is 2.22. The van der Waals surface area contributed by atoms with Crippen LogP contribution < -0.4 is 5.32 Å². The predicted molar refractivity (Wildman–Crippen MR) is 73.4 cm³/mol. The van der Waals surface area contributed by atoms with Crippen molar-refractivity contribution in [1.29, 1.82) is 0 Å². The molecule has 1 saturated heterocycles. The molecule has 1 aromatic heterocycles. The van der Waals surface area contributed by atoms with Gasteiger partial charge in [0.15, 0.2) is 0 Å². The molecule has 0 spiro atoms. The van der Waals surface area contributed by atoms with Crippen LogP contribution in [0.2, 0.25) is 0 Å². The van der Waals surface area contributed by atoms with Gasteiger partial charge in [-0.1, -0.05) is 6.07 Å². The Labute approximate surface area is 110 Å². The van der Waals surface area contributed by atoms with E-state index in [9.17, 15) is 0 Å². The van der Waals surface area contributed by atoms with Crippen molar-refractivity contribution in [3.8, 4) is 0 Å². The molecule has 0 bridgehead atoms. The number of aromatic nitrogens is 1. The summed E-state index contributed by atoms with van der Waals surface area (Å²) in [6, 6.07) is 5.63. The number of rotatable bonds is 4. The van der Waals surface area contributed by atoms with Gasteiger partial charge in [-0.05, 0) is 63.4 Å². The third-order valence-corrected chi connectivity index (χ3v) is 4.42. The molecule has 0 aromatic carbocycles. The Hall–Kier alpha value is -0.930. The fourth-order valence-corrected chi connectivity index (χ4v) is 3.24. The molecule has 3 rings (SSSR count). The minimum absolute atomic E-state index is 0.585. The topological polar surface area (TPSA) is 28.2 Å². The average Bonchev–Trinajstić information content (AvgIpc) is 3.26. The van der Waals surface area contributed by atoms with E-state index in [0.717, 1.165) is 12.0 Å². The molecule has 18 heavy (non-hydrogen) atoms. The zero-order valence-electron chi connectivity index (χ0n) is 11.2. The van der Waals surface area contributed by atoms with Crippen LogP contribution in [0.5, 0.6) is 0 Å². The maximum absolute atomic E-state index is 4.30. The molecule has 1 N–H and O–H groups in total. The van der Waals surface area contributed by atoms with Gasteiger partial charge in [-0.3, -0.25) is 9.88 Å². The molecule has 1 aromatic rings. The smallest absolute Gasteiger partial charge is 0.0391 e. The summed E-state index contributed by atoms with van der Waals surface area (Å²) in [5.74, 6) is 0.856. The summed E-state index contributed by atoms with van der Waals surface area (Å²) < 4.78 is 0. The summed E-state index contributed by atoms with van der Waals surface area (Å²) in [6.45, 7) is 2.33. The molecular weight excluding hydrogens is 222 g/mol. The van der Waals surface area contributed by atoms with Crippen LogP contribution in [0.1, 0.15) is 37.3 Å². The van der Waals surface area contributed by atoms with E-state index >= 15 is 0 Å². The van der Waals surface area contributed by atoms with E-state index in [1.54, 1.807) is 0 Å². The third-order valence-electron chi connectivity index (χ3n) is 4.42. The molecule has 1 aliphatic heterocycles. The van der Waals surface area contributed by atoms with Crippen molar-refractivity contribution in [2.24, 2.45) is 5.92 Å². The largest absolute Gasteiger partial charge is 0.317 e. The van der Waals surface area contributed by atoms with Crippen LogP contribution in [0.4, 0.5) is 0 Å². The maximum Gasteiger partial charge on any atom is 0.0391 e. The summed E-state index contributed by atoms with van der Waals surface area (Å²) in [6.07, 6.45) is 9.25. The lowest BCUT2D eigenvalue weighted by atomic mass is 9.97. The van der Waals surface area contributed by atoms with Crippen LogP contribution in [0.3, 0.4) is 0 Å². The standard InChI is InChI=1S/C15H23N3/c1-18(14-6-9-16-10-7-14)15(12-4-5-12)13-3-2-8-17-11-13/h2-3,8,11-12,14-16H,4-7,9-10H2,1H3. The zero-order valence-corrected chi connectivity index (χ0v) is 11.2. The SMILES string of the molecule is CN(C1CCNCC1)C(c1cccnc1)C1CC1. The lowest BCUT2D eigenvalue weighted by molar-refractivity contribution is 0.128. The van der Waals surface area contributed by atoms with Crippen LogP contribution in [0.25, 0.3) is 0 Å². The van der Waals surface area contributed by atoms with Crippen molar-refractivity contribution in [2.75, 3.05) is 20.1 Å². The number of pyridine rings is 1. The Balaban J connectivity index is 1.76. The highest BCUT2D eigenvalue weighted by Gasteiger charge is 2.37. The Bertz CT molecular complexity index is 369. The van der Waals surface area contributed by atoms with Crippen LogP contribution in [-0.4, -0.2) is 36.1 Å². The first-order chi connectivity index (χ1) is 8.86. The van der Waals surface area contributed by atoms with Crippen LogP contribution in [0, 0.1) is 5.92 Å². The third kappa shape index (κ3) is 2.57. The number of hydrogen-bond acceptors (Lipinski definition) is 3. The van der Waals surface area contributed by atoms with Crippen molar-refractivity contribution in [1.82, 2.24) is 15.2 Å². The van der Waals surface area contributed by atoms with Gasteiger partial charge in [-0.25, -0.2) is 0 Å². The van der Waals surface area contributed by atoms with Crippen molar-refractivity contribution >= 4 is 0 Å². The van der Waals surface area contributed by atoms with E-state index in [2.05, 4.69) is 40.6 Å². The number of piperidine rings is 1. The van der Waals surface area contributed by atoms with Gasteiger partial charge in [0, 0.05) is 24.5 Å². The fraction of sp³-hybridized carbons (Fsp3) is 0.667. The van der Waals surface area contributed by atoms with Crippen molar-refractivity contribution in [3.05, 3.63) is 30.1 Å². The van der Waals surface area contributed by atoms with E-state index in [1.165, 1.54) is 44.3 Å². The van der Waals surface area contributed by atoms with Gasteiger partial charge >= 0.3 is 0 Å². The summed E-state index contributed by atoms with van der Waals surface area (Å²) in [5.41, 5.74) is 1.40. The molecule has 3 nitrogen and oxygen atoms in total. The van der Waals surface area contributed by atoms with E-state index in [-0.39, 0.29) is 0 Å². The van der Waals surface area contributed by atoms with Crippen LogP contribution >= 0.6 is 0 Å². The fourth-order valence-electron chi connectivity index (χ4n) is 3.24. The molecule has 0 amide bonds. The van der Waals surface area contributed by atoms with Gasteiger partial charge in [0.05, 0.1) is 0 Å². The summed E-state index contributed by atoms with van der Waals surface area (Å²) in [7, 11) is 2.31. The highest BCUT2D eigenvalue weighted by Crippen LogP contribution is 2.45. The normalized spacial score (nSPS) is 23.2. The second kappa shape index (κ2) is 5.37. The summed E-state index contributed by atoms with van der Waals surface area (Å²) in [5, 5.41) is 3.45. The first kappa shape index (κ1) is 12.1. The number of nitrogens with zero attached hydrogens (tertiary/aromatic N) is 2. The highest BCUT2D eigenvalue weighted by atomic mass is 15.2. The summed E-state index contributed by atoms with van der Waals surface area (Å²) in [4.78, 5) is 6.92. The van der Waals surface area contributed by atoms with Crippen LogP contribution in [-0.2, 0) is 0 Å². The minimum Gasteiger partial charge on any atom is -0.317 e. The van der Waals surface area contributed by atoms with E-state index < -0.39 is 0 Å². The van der Waals surface area contributed by atoms with Gasteiger partial charge in [-0.2, -0.15) is 0 Å². The quantitative estimate of drug-likeness (QED) is 0.881. The van der Waals surface area contributed by atoms with Gasteiger partial charge in [-0.15, -0.1) is 0 Å². The molecule has 98 valence electrons. The minimum atomic E-state index is 0.585. The molecule has 2 fully saturated rings. The molecule has 2 heterocycles. The van der Waals surface area contributed by atoms with Crippen molar-refractivity contribution in [3.63, 3.8) is 0 Å². The van der Waals surface area contributed by atoms with Crippen molar-refractivity contribution < 1.29 is 0 Å². The first-order valence-electron chi connectivity index (χ1n) is 7.19. The van der Waals surface area contributed by atoms with Gasteiger partial charge in [0.1, 0.15) is 0 Å². The second-order valence-corrected chi connectivity index (χ2v) is 5.72. The van der Waals surface area contributed by atoms with Gasteiger partial charge in [0.25, 0.3) is 0 Å². The number of nitrogens with one attached hydrogen (secondary N) is 1. The zero-order chi connectivity index (χ0) is 12.4.